The predicted molar refractivity (Wildman–Crippen MR) is 491 cm³/mol. The summed E-state index contributed by atoms with van der Waals surface area (Å²) in [6.45, 7) is 3.75. The van der Waals surface area contributed by atoms with Crippen molar-refractivity contribution in [1.29, 1.82) is 0 Å². The number of aliphatic carboxylic acids is 1. The lowest BCUT2D eigenvalue weighted by Gasteiger charge is -2.38. The van der Waals surface area contributed by atoms with Crippen LogP contribution in [0.25, 0.3) is 21.8 Å². The second-order valence-corrected chi connectivity index (χ2v) is 35.9. The van der Waals surface area contributed by atoms with Crippen LogP contribution < -0.4 is 81.8 Å². The number of nitrogens with zero attached hydrogens (tertiary/aromatic N) is 6. The molecule has 4 aliphatic rings. The molecule has 0 radical (unpaired) electrons. The highest BCUT2D eigenvalue weighted by molar-refractivity contribution is 8.00. The van der Waals surface area contributed by atoms with Crippen molar-refractivity contribution in [2.24, 2.45) is 34.6 Å². The summed E-state index contributed by atoms with van der Waals surface area (Å²) in [5, 5.41) is 59.3. The molecule has 0 spiro atoms. The van der Waals surface area contributed by atoms with E-state index >= 15 is 33.6 Å². The molecule has 43 nitrogen and oxygen atoms in total. The number of H-pyrrole nitrogens is 1. The van der Waals surface area contributed by atoms with Gasteiger partial charge in [-0.05, 0) is 111 Å². The molecule has 0 unspecified atom stereocenters. The summed E-state index contributed by atoms with van der Waals surface area (Å²) in [7, 11) is 2.64. The highest BCUT2D eigenvalue weighted by Gasteiger charge is 2.47. The number of unbranched alkanes of at least 4 members (excludes halogenated alkanes) is 2. The molecule has 6 heterocycles. The van der Waals surface area contributed by atoms with Crippen LogP contribution in [0.15, 0.2) is 85.2 Å². The maximum Gasteiger partial charge on any atom is 0.323 e. The molecule has 24 N–H and O–H groups in total. The lowest BCUT2D eigenvalue weighted by molar-refractivity contribution is -0.149. The minimum absolute atomic E-state index is 0.00332. The molecule has 0 bridgehead atoms. The van der Waals surface area contributed by atoms with E-state index in [1.165, 1.54) is 54.0 Å². The fourth-order valence-electron chi connectivity index (χ4n) is 17.4. The van der Waals surface area contributed by atoms with Crippen LogP contribution in [0, 0.1) is 5.92 Å². The third-order valence-electron chi connectivity index (χ3n) is 24.4. The summed E-state index contributed by atoms with van der Waals surface area (Å²) < 4.78 is 1.43. The first-order valence-corrected chi connectivity index (χ1v) is 46.5. The lowest BCUT2D eigenvalue weighted by atomic mass is 9.97. The van der Waals surface area contributed by atoms with Crippen molar-refractivity contribution in [3.8, 4) is 5.75 Å². The van der Waals surface area contributed by atoms with Gasteiger partial charge in [-0.1, -0.05) is 102 Å². The molecular weight excluding hydrogens is 1760 g/mol. The molecule has 134 heavy (non-hydrogen) atoms. The van der Waals surface area contributed by atoms with Crippen molar-refractivity contribution < 1.29 is 102 Å². The molecule has 4 saturated heterocycles. The number of phenols is 1. The van der Waals surface area contributed by atoms with Gasteiger partial charge in [0, 0.05) is 112 Å². The van der Waals surface area contributed by atoms with Crippen LogP contribution in [0.4, 0.5) is 0 Å². The van der Waals surface area contributed by atoms with Crippen LogP contribution in [0.2, 0.25) is 0 Å². The van der Waals surface area contributed by atoms with E-state index in [9.17, 15) is 68.1 Å². The van der Waals surface area contributed by atoms with Gasteiger partial charge in [0.15, 0.2) is 0 Å². The first-order valence-electron chi connectivity index (χ1n) is 45.4. The maximum atomic E-state index is 15.9. The van der Waals surface area contributed by atoms with Crippen LogP contribution >= 0.6 is 11.8 Å². The number of carbonyl (C=O) groups excluding carboxylic acids is 17. The number of rotatable bonds is 25. The Morgan fingerprint density at radius 2 is 1.06 bits per heavy atom. The molecule has 17 amide bonds. The van der Waals surface area contributed by atoms with Crippen molar-refractivity contribution in [1.82, 2.24) is 87.2 Å². The summed E-state index contributed by atoms with van der Waals surface area (Å²) in [5.74, 6) is -18.5. The number of carboxylic acid groups (broad SMARTS) is 1. The summed E-state index contributed by atoms with van der Waals surface area (Å²) in [6.07, 6.45) is 1.66. The largest absolute Gasteiger partial charge is 0.508 e. The van der Waals surface area contributed by atoms with Gasteiger partial charge >= 0.3 is 5.97 Å². The fraction of sp³-hybridized carbons (Fsp3) is 0.556. The number of carbonyl (C=O) groups is 18. The number of hydrogen-bond acceptors (Lipinski definition) is 24. The average Bonchev–Trinajstić information content (AvgIpc) is 1.71. The Morgan fingerprint density at radius 1 is 0.530 bits per heavy atom. The number of aromatic amines is 1. The number of piperidine rings is 1. The van der Waals surface area contributed by atoms with Crippen LogP contribution in [0.1, 0.15) is 141 Å². The highest BCUT2D eigenvalue weighted by atomic mass is 32.2. The maximum absolute atomic E-state index is 15.9. The number of benzene rings is 3. The predicted octanol–water partition coefficient (Wildman–Crippen LogP) is -3.79. The highest BCUT2D eigenvalue weighted by Crippen LogP contribution is 2.30. The monoisotopic (exact) mass is 1880 g/mol. The number of nitrogens with two attached hydrogens (primary N) is 5. The number of hydrogen-bond donors (Lipinski definition) is 19. The molecule has 5 aromatic rings. The van der Waals surface area contributed by atoms with Gasteiger partial charge < -0.3 is 131 Å². The van der Waals surface area contributed by atoms with E-state index < -0.39 is 248 Å². The second kappa shape index (κ2) is 49.8. The first kappa shape index (κ1) is 105. The number of fused-ring (bicyclic) bond motifs is 5. The van der Waals surface area contributed by atoms with Crippen LogP contribution in [0.3, 0.4) is 0 Å². The zero-order chi connectivity index (χ0) is 97.9. The smallest absolute Gasteiger partial charge is 0.323 e. The summed E-state index contributed by atoms with van der Waals surface area (Å²) in [6, 6.07) is -2.23. The normalized spacial score (nSPS) is 25.4. The Balaban J connectivity index is 1.10. The van der Waals surface area contributed by atoms with Crippen LogP contribution in [-0.2, 0) is 112 Å². The van der Waals surface area contributed by atoms with Crippen molar-refractivity contribution in [2.75, 3.05) is 71.4 Å². The Hall–Kier alpha value is -12.8. The molecule has 15 atom stereocenters. The number of para-hydroxylation sites is 2. The van der Waals surface area contributed by atoms with Gasteiger partial charge in [0.25, 0.3) is 0 Å². The van der Waals surface area contributed by atoms with E-state index in [0.29, 0.717) is 77.0 Å². The van der Waals surface area contributed by atoms with Gasteiger partial charge in [0.1, 0.15) is 96.9 Å². The van der Waals surface area contributed by atoms with E-state index in [1.54, 1.807) is 68.6 Å². The van der Waals surface area contributed by atoms with Crippen molar-refractivity contribution in [3.63, 3.8) is 0 Å². The lowest BCUT2D eigenvalue weighted by Crippen LogP contribution is -2.62. The van der Waals surface area contributed by atoms with Crippen LogP contribution in [-0.4, -0.2) is 318 Å². The van der Waals surface area contributed by atoms with Gasteiger partial charge in [-0.2, -0.15) is 0 Å². The van der Waals surface area contributed by atoms with E-state index in [0.717, 1.165) is 31.4 Å². The number of likely N-dealkylation sites (N-methyl/N-ethyl adjacent to an activating group) is 2. The Morgan fingerprint density at radius 3 is 1.69 bits per heavy atom. The Labute approximate surface area is 779 Å². The van der Waals surface area contributed by atoms with Crippen LogP contribution in [0.5, 0.6) is 5.75 Å². The summed E-state index contributed by atoms with van der Waals surface area (Å²) >= 11 is 0.769. The van der Waals surface area contributed by atoms with Gasteiger partial charge in [-0.15, -0.1) is 11.8 Å². The Kier molecular flexibility index (Phi) is 39.0. The van der Waals surface area contributed by atoms with Gasteiger partial charge in [-0.3, -0.25) is 86.3 Å². The average molecular weight is 1890 g/mol. The third-order valence-corrected chi connectivity index (χ3v) is 25.4. The number of aliphatic hydroxyl groups is 1. The quantitative estimate of drug-likeness (QED) is 0.0266. The molecule has 9 rings (SSSR count). The number of primary amides is 2. The van der Waals surface area contributed by atoms with Gasteiger partial charge in [-0.25, -0.2) is 0 Å². The van der Waals surface area contributed by atoms with Crippen molar-refractivity contribution >= 4 is 140 Å². The number of aliphatic hydroxyl groups excluding tert-OH is 1. The first-order chi connectivity index (χ1) is 63.9. The van der Waals surface area contributed by atoms with Gasteiger partial charge in [0.2, 0.25) is 100 Å². The summed E-state index contributed by atoms with van der Waals surface area (Å²) in [5.41, 5.74) is 32.2. The number of nitrogens with one attached hydrogen (secondary N) is 11. The molecule has 0 saturated carbocycles. The zero-order valence-corrected chi connectivity index (χ0v) is 77.1. The Bertz CT molecular complexity index is 5070. The molecule has 0 aliphatic carbocycles. The molecule has 2 aromatic heterocycles. The number of carboxylic acids is 1. The second-order valence-electron chi connectivity index (χ2n) is 34.8. The minimum atomic E-state index is -1.75. The van der Waals surface area contributed by atoms with E-state index in [-0.39, 0.29) is 102 Å². The molecule has 4 fully saturated rings. The summed E-state index contributed by atoms with van der Waals surface area (Å²) in [4.78, 5) is 271. The molecular formula is C90H128N22O21S. The molecule has 4 aliphatic heterocycles. The minimum Gasteiger partial charge on any atom is -0.508 e. The topological polar surface area (TPSA) is 655 Å². The van der Waals surface area contributed by atoms with Gasteiger partial charge in [0.05, 0.1) is 24.8 Å². The number of aromatic nitrogens is 2. The number of thioether (sulfide) groups is 1. The number of phenolic OH excluding ortho intramolecular Hbond substituents is 1. The number of aromatic hydroxyl groups is 1. The van der Waals surface area contributed by atoms with E-state index in [1.807, 2.05) is 13.8 Å². The van der Waals surface area contributed by atoms with E-state index in [4.69, 9.17) is 28.7 Å². The molecule has 44 heteroatoms. The van der Waals surface area contributed by atoms with Crippen molar-refractivity contribution in [3.05, 3.63) is 102 Å². The SMILES string of the molecule is CCCC[C@@H]1C(=O)N(C)[C@@H](CCCC)C(=O)N[C@@H](CN)C(=O)N[C@H](C(=O)NCC(N)=O)CSCC(=O)N[C@@H](Cc2ccc(O)cc2)C(=O)N2CCCC[C@H]2C(=O)N[C@@H](CC(N)=O)C(=O)N2CCC[C@H]2C(=O)N[C@@H](CN)C(=O)N[C@@H](CC(C)C)C(=O)N2C[C@H](O)C[C@H]2C(=O)N[C@@H](Cc2c[nH]c3ccccc23)C(=O)N[C@@H](CCN)C(=O)N[C@@H](Cc2cn(CC(=O)O)c3ccccc23)C(=O)N1C. The molecule has 730 valence electrons. The molecule has 3 aromatic carbocycles. The van der Waals surface area contributed by atoms with E-state index in [2.05, 4.69) is 58.2 Å². The third kappa shape index (κ3) is 28.2. The standard InChI is InChI=1S/C90H128N22O21S/c1-7-9-21-68-82(125)104-65(41-93)81(124)106-66(77(120)97-43-74(95)116)47-134-48-75(117)98-61(35-50-26-28-53(113)29-27-50)87(130)110-32-16-15-24-69(110)83(126)103-63(39-73(94)115)88(131)111-33-17-25-70(111)84(127)105-64(40-92)80(123)101-60(34-49(3)4)89(132)112-45-54(114)38-72(112)85(128)100-59(36-51-42-96-57-20-13-11-18-55(51)57)79(122)99-58(30-31-91)78(121)102-62(86(129)108(6)71(22-10-8-2)90(133)107(68)5)37-52-44-109(46-76(118)119)67-23-14-12-19-56(52)67/h11-14,18-20,23,26-29,42,44,49,54,58-66,68-72,96,113-114H,7-10,15-17,21-22,24-25,30-41,43,45-48,91-93H2,1-6H3,(H2,94,115)(H2,95,116)(H,97,120)(H,98,117)(H,99,122)(H,100,128)(H,101,123)(H,102,121)(H,103,126)(H,104,125)(H,105,127)(H,106,124)(H,118,119)/t54-,58+,59+,60+,61+,62+,63+,64+,65+,66+,68+,69+,70+,71-,72+/m1/s1. The fourth-order valence-corrected chi connectivity index (χ4v) is 18.2. The number of amides is 17. The zero-order valence-electron chi connectivity index (χ0n) is 76.3. The van der Waals surface area contributed by atoms with Crippen molar-refractivity contribution in [2.45, 2.75) is 241 Å².